The number of benzene rings is 2. The van der Waals surface area contributed by atoms with Crippen molar-refractivity contribution < 1.29 is 17.9 Å². The Kier molecular flexibility index (Phi) is 7.27. The highest BCUT2D eigenvalue weighted by molar-refractivity contribution is 7.92. The molecule has 7 nitrogen and oxygen atoms in total. The fraction of sp³-hybridized carbons (Fsp3) is 0.130. The first-order valence-electron chi connectivity index (χ1n) is 10.0. The van der Waals surface area contributed by atoms with Crippen LogP contribution >= 0.6 is 34.5 Å². The van der Waals surface area contributed by atoms with Gasteiger partial charge in [0, 0.05) is 11.2 Å². The zero-order chi connectivity index (χ0) is 24.3. The van der Waals surface area contributed by atoms with Crippen molar-refractivity contribution in [2.24, 2.45) is 0 Å². The van der Waals surface area contributed by atoms with Gasteiger partial charge in [0.05, 0.1) is 10.9 Å². The normalized spacial score (nSPS) is 11.4. The summed E-state index contributed by atoms with van der Waals surface area (Å²) in [5.41, 5.74) is 1.82. The molecule has 1 amide bonds. The average molecular weight is 536 g/mol. The molecule has 0 spiro atoms. The molecule has 34 heavy (non-hydrogen) atoms. The van der Waals surface area contributed by atoms with Crippen molar-refractivity contribution in [3.8, 4) is 5.75 Å². The molecular formula is C23H19Cl2N3O4S2. The van der Waals surface area contributed by atoms with Crippen molar-refractivity contribution >= 4 is 50.5 Å². The zero-order valence-electron chi connectivity index (χ0n) is 17.9. The van der Waals surface area contributed by atoms with E-state index in [1.54, 1.807) is 17.6 Å². The first-order chi connectivity index (χ1) is 16.2. The molecule has 2 aromatic carbocycles. The molecule has 0 aliphatic carbocycles. The Bertz CT molecular complexity index is 1430. The van der Waals surface area contributed by atoms with Crippen LogP contribution in [0.2, 0.25) is 9.36 Å². The van der Waals surface area contributed by atoms with Crippen molar-refractivity contribution in [2.75, 3.05) is 0 Å². The number of nitrogens with one attached hydrogen (secondary N) is 1. The minimum absolute atomic E-state index is 0.0253. The van der Waals surface area contributed by atoms with Crippen LogP contribution < -0.4 is 9.46 Å². The third-order valence-electron chi connectivity index (χ3n) is 4.86. The Balaban J connectivity index is 1.43. The van der Waals surface area contributed by atoms with Crippen molar-refractivity contribution in [2.45, 2.75) is 24.3 Å². The molecule has 0 radical (unpaired) electrons. The minimum Gasteiger partial charge on any atom is -0.489 e. The second-order valence-corrected chi connectivity index (χ2v) is 11.4. The highest BCUT2D eigenvalue weighted by atomic mass is 35.5. The quantitative estimate of drug-likeness (QED) is 0.330. The highest BCUT2D eigenvalue weighted by Gasteiger charge is 2.23. The lowest BCUT2D eigenvalue weighted by molar-refractivity contribution is 0.0977. The molecule has 0 aliphatic rings. The minimum atomic E-state index is -4.04. The van der Waals surface area contributed by atoms with E-state index in [4.69, 9.17) is 27.9 Å². The summed E-state index contributed by atoms with van der Waals surface area (Å²) in [6.45, 7) is 2.49. The Labute approximate surface area is 211 Å². The molecule has 1 N–H and O–H groups in total. The number of aryl methyl sites for hydroxylation is 1. The number of hydrogen-bond acceptors (Lipinski definition) is 6. The van der Waals surface area contributed by atoms with Gasteiger partial charge in [-0.2, -0.15) is 0 Å². The first-order valence-corrected chi connectivity index (χ1v) is 13.1. The van der Waals surface area contributed by atoms with E-state index >= 15 is 0 Å². The summed E-state index contributed by atoms with van der Waals surface area (Å²) in [6.07, 6.45) is 1.48. The number of carbonyl (C=O) groups excluding carboxylic acids is 1. The summed E-state index contributed by atoms with van der Waals surface area (Å²) in [6, 6.07) is 18.0. The van der Waals surface area contributed by atoms with Gasteiger partial charge in [0.25, 0.3) is 15.9 Å². The smallest absolute Gasteiger partial charge is 0.285 e. The van der Waals surface area contributed by atoms with E-state index in [0.717, 1.165) is 22.5 Å². The number of aromatic nitrogens is 2. The van der Waals surface area contributed by atoms with Crippen LogP contribution in [0.1, 0.15) is 27.4 Å². The maximum atomic E-state index is 12.5. The monoisotopic (exact) mass is 535 g/mol. The molecule has 0 saturated carbocycles. The molecule has 0 fully saturated rings. The number of carbonyl (C=O) groups is 1. The molecule has 2 aromatic heterocycles. The van der Waals surface area contributed by atoms with Crippen molar-refractivity contribution in [3.05, 3.63) is 98.9 Å². The molecule has 0 saturated heterocycles. The lowest BCUT2D eigenvalue weighted by atomic mass is 10.2. The lowest BCUT2D eigenvalue weighted by Gasteiger charge is -2.10. The molecule has 0 atom stereocenters. The predicted octanol–water partition coefficient (Wildman–Crippen LogP) is 5.31. The number of amides is 1. The Morgan fingerprint density at radius 2 is 1.88 bits per heavy atom. The van der Waals surface area contributed by atoms with Crippen LogP contribution in [0.25, 0.3) is 0 Å². The summed E-state index contributed by atoms with van der Waals surface area (Å²) in [4.78, 5) is 16.7. The maximum absolute atomic E-state index is 12.5. The van der Waals surface area contributed by atoms with Gasteiger partial charge in [0.2, 0.25) is 0 Å². The number of halogens is 2. The fourth-order valence-electron chi connectivity index (χ4n) is 3.12. The third kappa shape index (κ3) is 5.79. The summed E-state index contributed by atoms with van der Waals surface area (Å²) in [5.74, 6) is 0.336. The van der Waals surface area contributed by atoms with Crippen LogP contribution in [0.15, 0.2) is 71.1 Å². The number of hydrogen-bond donors (Lipinski definition) is 1. The molecule has 11 heteroatoms. The zero-order valence-corrected chi connectivity index (χ0v) is 21.0. The predicted molar refractivity (Wildman–Crippen MR) is 132 cm³/mol. The first kappa shape index (κ1) is 24.3. The standard InChI is InChI=1S/C23H19Cl2N3O4S2/c1-15-26-20(23(29)27-34(30,31)22-10-9-21(25)33-22)13-28(15)12-17-7-8-18(11-19(17)24)32-14-16-5-3-2-4-6-16/h2-11,13H,12,14H2,1H3,(H,27,29). The third-order valence-corrected chi connectivity index (χ3v) is 8.27. The second kappa shape index (κ2) is 10.2. The lowest BCUT2D eigenvalue weighted by Crippen LogP contribution is -2.30. The molecule has 0 bridgehead atoms. The number of ether oxygens (including phenoxy) is 1. The van der Waals surface area contributed by atoms with Gasteiger partial charge in [-0.25, -0.2) is 18.1 Å². The van der Waals surface area contributed by atoms with Crippen molar-refractivity contribution in [3.63, 3.8) is 0 Å². The van der Waals surface area contributed by atoms with E-state index < -0.39 is 15.9 Å². The van der Waals surface area contributed by atoms with Gasteiger partial charge in [0.1, 0.15) is 28.1 Å². The number of imidazole rings is 1. The van der Waals surface area contributed by atoms with E-state index in [9.17, 15) is 13.2 Å². The van der Waals surface area contributed by atoms with Gasteiger partial charge in [0.15, 0.2) is 0 Å². The van der Waals surface area contributed by atoms with E-state index in [2.05, 4.69) is 4.98 Å². The van der Waals surface area contributed by atoms with Crippen LogP contribution in [-0.2, 0) is 23.2 Å². The summed E-state index contributed by atoms with van der Waals surface area (Å²) in [7, 11) is -4.04. The second-order valence-electron chi connectivity index (χ2n) is 7.32. The Hall–Kier alpha value is -2.85. The molecule has 4 rings (SSSR count). The van der Waals surface area contributed by atoms with E-state index in [1.165, 1.54) is 18.3 Å². The summed E-state index contributed by atoms with van der Waals surface area (Å²) < 4.78 is 34.6. The summed E-state index contributed by atoms with van der Waals surface area (Å²) >= 11 is 13.1. The maximum Gasteiger partial charge on any atom is 0.285 e. The van der Waals surface area contributed by atoms with Crippen LogP contribution in [0.5, 0.6) is 5.75 Å². The molecule has 2 heterocycles. The number of rotatable bonds is 8. The van der Waals surface area contributed by atoms with Gasteiger partial charge in [-0.15, -0.1) is 11.3 Å². The van der Waals surface area contributed by atoms with Gasteiger partial charge >= 0.3 is 0 Å². The largest absolute Gasteiger partial charge is 0.489 e. The molecular weight excluding hydrogens is 517 g/mol. The molecule has 0 aliphatic heterocycles. The van der Waals surface area contributed by atoms with E-state index in [1.807, 2.05) is 47.2 Å². The van der Waals surface area contributed by atoms with Crippen LogP contribution in [-0.4, -0.2) is 23.9 Å². The van der Waals surface area contributed by atoms with Gasteiger partial charge in [-0.3, -0.25) is 4.79 Å². The van der Waals surface area contributed by atoms with Gasteiger partial charge < -0.3 is 9.30 Å². The van der Waals surface area contributed by atoms with Crippen LogP contribution in [0, 0.1) is 6.92 Å². The van der Waals surface area contributed by atoms with Gasteiger partial charge in [-0.05, 0) is 42.3 Å². The topological polar surface area (TPSA) is 90.3 Å². The van der Waals surface area contributed by atoms with Crippen LogP contribution in [0.3, 0.4) is 0 Å². The molecule has 176 valence electrons. The highest BCUT2D eigenvalue weighted by Crippen LogP contribution is 2.26. The molecule has 4 aromatic rings. The Morgan fingerprint density at radius 1 is 1.12 bits per heavy atom. The van der Waals surface area contributed by atoms with Crippen LogP contribution in [0.4, 0.5) is 0 Å². The SMILES string of the molecule is Cc1nc(C(=O)NS(=O)(=O)c2ccc(Cl)s2)cn1Cc1ccc(OCc2ccccc2)cc1Cl. The number of sulfonamides is 1. The fourth-order valence-corrected chi connectivity index (χ4v) is 5.79. The van der Waals surface area contributed by atoms with Gasteiger partial charge in [-0.1, -0.05) is 59.6 Å². The van der Waals surface area contributed by atoms with E-state index in [0.29, 0.717) is 34.1 Å². The number of thiophene rings is 1. The van der Waals surface area contributed by atoms with Crippen molar-refractivity contribution in [1.82, 2.24) is 14.3 Å². The van der Waals surface area contributed by atoms with Crippen molar-refractivity contribution in [1.29, 1.82) is 0 Å². The average Bonchev–Trinajstić information content (AvgIpc) is 3.41. The number of nitrogens with zero attached hydrogens (tertiary/aromatic N) is 2. The summed E-state index contributed by atoms with van der Waals surface area (Å²) in [5, 5.41) is 0.502. The Morgan fingerprint density at radius 3 is 2.56 bits per heavy atom. The van der Waals surface area contributed by atoms with E-state index in [-0.39, 0.29) is 9.90 Å². The molecule has 0 unspecified atom stereocenters.